The van der Waals surface area contributed by atoms with E-state index in [0.29, 0.717) is 16.3 Å². The number of amides is 1. The first-order valence-electron chi connectivity index (χ1n) is 8.15. The average molecular weight is 401 g/mol. The van der Waals surface area contributed by atoms with Gasteiger partial charge in [0.05, 0.1) is 4.90 Å². The third-order valence-corrected chi connectivity index (χ3v) is 5.47. The van der Waals surface area contributed by atoms with Crippen molar-refractivity contribution in [3.05, 3.63) is 95.0 Å². The van der Waals surface area contributed by atoms with E-state index in [1.54, 1.807) is 36.4 Å². The van der Waals surface area contributed by atoms with E-state index < -0.39 is 10.0 Å². The fourth-order valence-corrected chi connectivity index (χ4v) is 3.62. The maximum Gasteiger partial charge on any atom is 0.255 e. The molecule has 1 amide bonds. The first-order valence-corrected chi connectivity index (χ1v) is 10.0. The third kappa shape index (κ3) is 5.17. The Kier molecular flexibility index (Phi) is 5.91. The second-order valence-electron chi connectivity index (χ2n) is 5.80. The van der Waals surface area contributed by atoms with Gasteiger partial charge in [0.2, 0.25) is 10.0 Å². The highest BCUT2D eigenvalue weighted by atomic mass is 35.5. The van der Waals surface area contributed by atoms with E-state index in [4.69, 9.17) is 11.6 Å². The van der Waals surface area contributed by atoms with Crippen LogP contribution in [0, 0.1) is 0 Å². The zero-order valence-corrected chi connectivity index (χ0v) is 15.8. The molecule has 138 valence electrons. The van der Waals surface area contributed by atoms with Crippen LogP contribution in [0.5, 0.6) is 0 Å². The van der Waals surface area contributed by atoms with E-state index in [2.05, 4.69) is 10.0 Å². The van der Waals surface area contributed by atoms with Gasteiger partial charge in [-0.15, -0.1) is 0 Å². The highest BCUT2D eigenvalue weighted by molar-refractivity contribution is 7.89. The van der Waals surface area contributed by atoms with Crippen molar-refractivity contribution in [2.24, 2.45) is 0 Å². The van der Waals surface area contributed by atoms with Gasteiger partial charge in [0.25, 0.3) is 5.91 Å². The van der Waals surface area contributed by atoms with E-state index in [-0.39, 0.29) is 17.3 Å². The molecule has 3 rings (SSSR count). The molecular formula is C20H17ClN2O3S. The summed E-state index contributed by atoms with van der Waals surface area (Å²) in [4.78, 5) is 12.3. The first-order chi connectivity index (χ1) is 12.9. The molecule has 3 aromatic rings. The minimum Gasteiger partial charge on any atom is -0.322 e. The molecular weight excluding hydrogens is 384 g/mol. The molecule has 0 fully saturated rings. The Morgan fingerprint density at radius 1 is 0.889 bits per heavy atom. The lowest BCUT2D eigenvalue weighted by Gasteiger charge is -2.09. The highest BCUT2D eigenvalue weighted by Crippen LogP contribution is 2.17. The van der Waals surface area contributed by atoms with Gasteiger partial charge in [0.15, 0.2) is 0 Å². The van der Waals surface area contributed by atoms with Crippen molar-refractivity contribution in [2.45, 2.75) is 11.4 Å². The Labute approximate surface area is 163 Å². The van der Waals surface area contributed by atoms with Crippen molar-refractivity contribution in [1.29, 1.82) is 0 Å². The largest absolute Gasteiger partial charge is 0.322 e. The highest BCUT2D eigenvalue weighted by Gasteiger charge is 2.14. The molecule has 0 spiro atoms. The summed E-state index contributed by atoms with van der Waals surface area (Å²) in [6, 6.07) is 21.8. The Balaban J connectivity index is 1.66. The second kappa shape index (κ2) is 8.35. The molecule has 27 heavy (non-hydrogen) atoms. The number of hydrogen-bond donors (Lipinski definition) is 2. The SMILES string of the molecule is O=C(Nc1ccc(S(=O)(=O)NCc2ccccc2)cc1)c1cccc(Cl)c1. The van der Waals surface area contributed by atoms with Crippen LogP contribution >= 0.6 is 11.6 Å². The second-order valence-corrected chi connectivity index (χ2v) is 8.00. The summed E-state index contributed by atoms with van der Waals surface area (Å²) in [5.74, 6) is -0.324. The number of rotatable bonds is 6. The summed E-state index contributed by atoms with van der Waals surface area (Å²) >= 11 is 5.88. The van der Waals surface area contributed by atoms with Crippen molar-refractivity contribution in [2.75, 3.05) is 5.32 Å². The predicted molar refractivity (Wildman–Crippen MR) is 106 cm³/mol. The summed E-state index contributed by atoms with van der Waals surface area (Å²) in [6.45, 7) is 0.205. The molecule has 0 saturated heterocycles. The van der Waals surface area contributed by atoms with Crippen LogP contribution in [0.1, 0.15) is 15.9 Å². The van der Waals surface area contributed by atoms with E-state index >= 15 is 0 Å². The smallest absolute Gasteiger partial charge is 0.255 e. The molecule has 2 N–H and O–H groups in total. The van der Waals surface area contributed by atoms with Crippen molar-refractivity contribution in [3.63, 3.8) is 0 Å². The standard InChI is InChI=1S/C20H17ClN2O3S/c21-17-8-4-7-16(13-17)20(24)23-18-9-11-19(12-10-18)27(25,26)22-14-15-5-2-1-3-6-15/h1-13,22H,14H2,(H,23,24). The average Bonchev–Trinajstić information content (AvgIpc) is 2.68. The van der Waals surface area contributed by atoms with Crippen LogP contribution in [-0.2, 0) is 16.6 Å². The van der Waals surface area contributed by atoms with Crippen LogP contribution in [0.4, 0.5) is 5.69 Å². The molecule has 5 nitrogen and oxygen atoms in total. The number of halogens is 1. The lowest BCUT2D eigenvalue weighted by molar-refractivity contribution is 0.102. The molecule has 0 saturated carbocycles. The van der Waals surface area contributed by atoms with Gasteiger partial charge in [-0.1, -0.05) is 48.0 Å². The summed E-state index contributed by atoms with van der Waals surface area (Å²) in [5.41, 5.74) is 1.78. The van der Waals surface area contributed by atoms with Gasteiger partial charge < -0.3 is 5.32 Å². The van der Waals surface area contributed by atoms with Crippen LogP contribution in [0.15, 0.2) is 83.8 Å². The number of carbonyl (C=O) groups excluding carboxylic acids is 1. The molecule has 0 aromatic heterocycles. The zero-order chi connectivity index (χ0) is 19.3. The monoisotopic (exact) mass is 400 g/mol. The molecule has 0 heterocycles. The third-order valence-electron chi connectivity index (χ3n) is 3.82. The lowest BCUT2D eigenvalue weighted by Crippen LogP contribution is -2.23. The van der Waals surface area contributed by atoms with E-state index in [0.717, 1.165) is 5.56 Å². The Bertz CT molecular complexity index is 1040. The minimum atomic E-state index is -3.64. The minimum absolute atomic E-state index is 0.124. The molecule has 0 aliphatic rings. The number of hydrogen-bond acceptors (Lipinski definition) is 3. The van der Waals surface area contributed by atoms with E-state index in [1.807, 2.05) is 30.3 Å². The summed E-state index contributed by atoms with van der Waals surface area (Å²) in [7, 11) is -3.64. The van der Waals surface area contributed by atoms with Gasteiger partial charge in [0, 0.05) is 22.8 Å². The summed E-state index contributed by atoms with van der Waals surface area (Å²) in [5, 5.41) is 3.18. The van der Waals surface area contributed by atoms with E-state index in [1.165, 1.54) is 12.1 Å². The molecule has 0 radical (unpaired) electrons. The molecule has 0 unspecified atom stereocenters. The molecule has 0 aliphatic carbocycles. The summed E-state index contributed by atoms with van der Waals surface area (Å²) in [6.07, 6.45) is 0. The quantitative estimate of drug-likeness (QED) is 0.654. The normalized spacial score (nSPS) is 11.1. The Hall–Kier alpha value is -2.67. The lowest BCUT2D eigenvalue weighted by atomic mass is 10.2. The number of carbonyl (C=O) groups is 1. The first kappa shape index (κ1) is 19.1. The summed E-state index contributed by atoms with van der Waals surface area (Å²) < 4.78 is 27.3. The number of nitrogens with one attached hydrogen (secondary N) is 2. The molecule has 0 atom stereocenters. The van der Waals surface area contributed by atoms with Crippen LogP contribution in [0.3, 0.4) is 0 Å². The van der Waals surface area contributed by atoms with Crippen molar-refractivity contribution >= 4 is 33.2 Å². The van der Waals surface area contributed by atoms with Gasteiger partial charge in [-0.25, -0.2) is 13.1 Å². The molecule has 7 heteroatoms. The number of sulfonamides is 1. The van der Waals surface area contributed by atoms with Crippen LogP contribution in [-0.4, -0.2) is 14.3 Å². The molecule has 3 aromatic carbocycles. The maximum atomic E-state index is 12.4. The van der Waals surface area contributed by atoms with Gasteiger partial charge >= 0.3 is 0 Å². The van der Waals surface area contributed by atoms with Gasteiger partial charge in [-0.3, -0.25) is 4.79 Å². The van der Waals surface area contributed by atoms with Crippen molar-refractivity contribution in [3.8, 4) is 0 Å². The van der Waals surface area contributed by atoms with Gasteiger partial charge in [-0.2, -0.15) is 0 Å². The topological polar surface area (TPSA) is 75.3 Å². The Morgan fingerprint density at radius 3 is 2.26 bits per heavy atom. The van der Waals surface area contributed by atoms with Crippen molar-refractivity contribution in [1.82, 2.24) is 4.72 Å². The van der Waals surface area contributed by atoms with Gasteiger partial charge in [0.1, 0.15) is 0 Å². The van der Waals surface area contributed by atoms with Crippen LogP contribution < -0.4 is 10.0 Å². The maximum absolute atomic E-state index is 12.4. The molecule has 0 bridgehead atoms. The van der Waals surface area contributed by atoms with Gasteiger partial charge in [-0.05, 0) is 48.0 Å². The predicted octanol–water partition coefficient (Wildman–Crippen LogP) is 4.07. The van der Waals surface area contributed by atoms with Crippen molar-refractivity contribution < 1.29 is 13.2 Å². The zero-order valence-electron chi connectivity index (χ0n) is 14.2. The number of anilines is 1. The number of benzene rings is 3. The van der Waals surface area contributed by atoms with Crippen LogP contribution in [0.2, 0.25) is 5.02 Å². The van der Waals surface area contributed by atoms with Crippen LogP contribution in [0.25, 0.3) is 0 Å². The fourth-order valence-electron chi connectivity index (χ4n) is 2.41. The molecule has 0 aliphatic heterocycles. The van der Waals surface area contributed by atoms with E-state index in [9.17, 15) is 13.2 Å². The fraction of sp³-hybridized carbons (Fsp3) is 0.0500. The Morgan fingerprint density at radius 2 is 1.59 bits per heavy atom.